The molecule has 0 spiro atoms. The summed E-state index contributed by atoms with van der Waals surface area (Å²) in [5, 5.41) is 1.12. The van der Waals surface area contributed by atoms with Crippen LogP contribution in [0.15, 0.2) is 59.3 Å². The zero-order valence-corrected chi connectivity index (χ0v) is 18.3. The Hall–Kier alpha value is -3.74. The lowest BCUT2D eigenvalue weighted by Gasteiger charge is -2.36. The summed E-state index contributed by atoms with van der Waals surface area (Å²) in [6, 6.07) is 14.2. The number of aromatic amines is 1. The number of aryl methyl sites for hydroxylation is 1. The van der Waals surface area contributed by atoms with Crippen molar-refractivity contribution >= 4 is 22.5 Å². The molecular formula is C25H26N4O3. The summed E-state index contributed by atoms with van der Waals surface area (Å²) in [4.78, 5) is 24.6. The molecule has 164 valence electrons. The number of ether oxygens (including phenoxy) is 1. The SMILES string of the molecule is COc1cc(N2CCN(C(=O)Cc3c[nH]c4ccccc34)CC2)ccc1-c1cnc(C)o1. The van der Waals surface area contributed by atoms with Gasteiger partial charge in [0, 0.05) is 62.0 Å². The first-order valence-corrected chi connectivity index (χ1v) is 10.8. The Morgan fingerprint density at radius 1 is 1.16 bits per heavy atom. The zero-order chi connectivity index (χ0) is 22.1. The van der Waals surface area contributed by atoms with E-state index in [0.717, 1.165) is 46.6 Å². The molecule has 7 heteroatoms. The number of nitrogens with one attached hydrogen (secondary N) is 1. The van der Waals surface area contributed by atoms with Crippen LogP contribution in [0.4, 0.5) is 5.69 Å². The van der Waals surface area contributed by atoms with E-state index in [0.29, 0.717) is 31.2 Å². The first kappa shape index (κ1) is 20.2. The van der Waals surface area contributed by atoms with E-state index in [1.165, 1.54) is 0 Å². The van der Waals surface area contributed by atoms with E-state index in [1.807, 2.05) is 48.4 Å². The Bertz CT molecular complexity index is 1250. The molecule has 2 aromatic heterocycles. The van der Waals surface area contributed by atoms with Crippen LogP contribution in [-0.4, -0.2) is 54.1 Å². The van der Waals surface area contributed by atoms with Gasteiger partial charge in [0.2, 0.25) is 5.91 Å². The van der Waals surface area contributed by atoms with Crippen molar-refractivity contribution in [3.63, 3.8) is 0 Å². The summed E-state index contributed by atoms with van der Waals surface area (Å²) < 4.78 is 11.3. The van der Waals surface area contributed by atoms with E-state index < -0.39 is 0 Å². The summed E-state index contributed by atoms with van der Waals surface area (Å²) in [5.41, 5.74) is 4.07. The Kier molecular flexibility index (Phi) is 5.31. The number of hydrogen-bond donors (Lipinski definition) is 1. The molecule has 1 aliphatic heterocycles. The predicted molar refractivity (Wildman–Crippen MR) is 124 cm³/mol. The van der Waals surface area contributed by atoms with Crippen molar-refractivity contribution in [1.29, 1.82) is 0 Å². The van der Waals surface area contributed by atoms with E-state index in [9.17, 15) is 4.79 Å². The maximum Gasteiger partial charge on any atom is 0.227 e. The maximum absolute atomic E-state index is 12.9. The standard InChI is InChI=1S/C25H26N4O3/c1-17-26-16-24(32-17)21-8-7-19(14-23(21)31-2)28-9-11-29(12-10-28)25(30)13-18-15-27-22-6-4-3-5-20(18)22/h3-8,14-16,27H,9-13H2,1-2H3. The molecule has 4 aromatic rings. The molecule has 1 fully saturated rings. The molecule has 2 aromatic carbocycles. The Balaban J connectivity index is 1.25. The molecule has 1 saturated heterocycles. The fourth-order valence-corrected chi connectivity index (χ4v) is 4.33. The molecule has 7 nitrogen and oxygen atoms in total. The third-order valence-electron chi connectivity index (χ3n) is 6.09. The van der Waals surface area contributed by atoms with Gasteiger partial charge in [0.15, 0.2) is 11.7 Å². The summed E-state index contributed by atoms with van der Waals surface area (Å²) in [7, 11) is 1.66. The van der Waals surface area contributed by atoms with Gasteiger partial charge >= 0.3 is 0 Å². The highest BCUT2D eigenvalue weighted by molar-refractivity contribution is 5.89. The van der Waals surface area contributed by atoms with Gasteiger partial charge in [-0.3, -0.25) is 4.79 Å². The van der Waals surface area contributed by atoms with Crippen molar-refractivity contribution in [2.24, 2.45) is 0 Å². The molecule has 0 atom stereocenters. The highest BCUT2D eigenvalue weighted by atomic mass is 16.5. The van der Waals surface area contributed by atoms with Gasteiger partial charge in [-0.15, -0.1) is 0 Å². The van der Waals surface area contributed by atoms with Crippen molar-refractivity contribution < 1.29 is 13.9 Å². The molecule has 0 aliphatic carbocycles. The summed E-state index contributed by atoms with van der Waals surface area (Å²) in [5.74, 6) is 2.23. The number of rotatable bonds is 5. The summed E-state index contributed by atoms with van der Waals surface area (Å²) in [6.45, 7) is 4.79. The molecule has 5 rings (SSSR count). The first-order chi connectivity index (χ1) is 15.6. The summed E-state index contributed by atoms with van der Waals surface area (Å²) in [6.07, 6.45) is 4.08. The van der Waals surface area contributed by atoms with Crippen LogP contribution in [-0.2, 0) is 11.2 Å². The molecule has 1 amide bonds. The van der Waals surface area contributed by atoms with Gasteiger partial charge in [-0.1, -0.05) is 18.2 Å². The van der Waals surface area contributed by atoms with Crippen LogP contribution >= 0.6 is 0 Å². The van der Waals surface area contributed by atoms with Crippen LogP contribution in [0.3, 0.4) is 0 Å². The normalized spacial score (nSPS) is 14.2. The second-order valence-corrected chi connectivity index (χ2v) is 8.03. The van der Waals surface area contributed by atoms with Gasteiger partial charge in [-0.2, -0.15) is 0 Å². The largest absolute Gasteiger partial charge is 0.496 e. The molecule has 0 unspecified atom stereocenters. The summed E-state index contributed by atoms with van der Waals surface area (Å²) >= 11 is 0. The lowest BCUT2D eigenvalue weighted by molar-refractivity contribution is -0.130. The van der Waals surface area contributed by atoms with Crippen LogP contribution in [0.25, 0.3) is 22.2 Å². The highest BCUT2D eigenvalue weighted by Gasteiger charge is 2.23. The number of carbonyl (C=O) groups is 1. The van der Waals surface area contributed by atoms with Gasteiger partial charge in [-0.05, 0) is 23.8 Å². The molecule has 32 heavy (non-hydrogen) atoms. The van der Waals surface area contributed by atoms with E-state index >= 15 is 0 Å². The van der Waals surface area contributed by atoms with Gasteiger partial charge in [0.1, 0.15) is 5.75 Å². The number of carbonyl (C=O) groups excluding carboxylic acids is 1. The van der Waals surface area contributed by atoms with Crippen molar-refractivity contribution in [2.45, 2.75) is 13.3 Å². The second-order valence-electron chi connectivity index (χ2n) is 8.03. The number of hydrogen-bond acceptors (Lipinski definition) is 5. The third-order valence-corrected chi connectivity index (χ3v) is 6.09. The van der Waals surface area contributed by atoms with Crippen molar-refractivity contribution in [3.05, 3.63) is 66.3 Å². The Morgan fingerprint density at radius 3 is 2.72 bits per heavy atom. The molecule has 0 radical (unpaired) electrons. The number of H-pyrrole nitrogens is 1. The molecule has 1 aliphatic rings. The maximum atomic E-state index is 12.9. The van der Waals surface area contributed by atoms with Crippen LogP contribution in [0, 0.1) is 6.92 Å². The van der Waals surface area contributed by atoms with E-state index in [1.54, 1.807) is 13.3 Å². The molecule has 3 heterocycles. The Morgan fingerprint density at radius 2 is 1.97 bits per heavy atom. The Labute approximate surface area is 186 Å². The van der Waals surface area contributed by atoms with Gasteiger partial charge in [0.05, 0.1) is 25.3 Å². The molecule has 1 N–H and O–H groups in total. The number of nitrogens with zero attached hydrogens (tertiary/aromatic N) is 3. The van der Waals surface area contributed by atoms with Crippen LogP contribution in [0.5, 0.6) is 5.75 Å². The van der Waals surface area contributed by atoms with Gasteiger partial charge in [-0.25, -0.2) is 4.98 Å². The second kappa shape index (κ2) is 8.42. The predicted octanol–water partition coefficient (Wildman–Crippen LogP) is 4.03. The highest BCUT2D eigenvalue weighted by Crippen LogP contribution is 2.34. The zero-order valence-electron chi connectivity index (χ0n) is 18.3. The number of benzene rings is 2. The van der Waals surface area contributed by atoms with Gasteiger partial charge in [0.25, 0.3) is 0 Å². The lowest BCUT2D eigenvalue weighted by atomic mass is 10.1. The van der Waals surface area contributed by atoms with Crippen molar-refractivity contribution in [1.82, 2.24) is 14.9 Å². The van der Waals surface area contributed by atoms with Crippen LogP contribution in [0.2, 0.25) is 0 Å². The van der Waals surface area contributed by atoms with Gasteiger partial charge < -0.3 is 23.9 Å². The fourth-order valence-electron chi connectivity index (χ4n) is 4.33. The minimum atomic E-state index is 0.169. The van der Waals surface area contributed by atoms with Crippen molar-refractivity contribution in [2.75, 3.05) is 38.2 Å². The van der Waals surface area contributed by atoms with E-state index in [-0.39, 0.29) is 5.91 Å². The number of methoxy groups -OCH3 is 1. The molecular weight excluding hydrogens is 404 g/mol. The number of piperazine rings is 1. The third kappa shape index (κ3) is 3.82. The number of para-hydroxylation sites is 1. The minimum absolute atomic E-state index is 0.169. The van der Waals surface area contributed by atoms with Crippen LogP contribution < -0.4 is 9.64 Å². The average Bonchev–Trinajstić information content (AvgIpc) is 3.45. The number of aromatic nitrogens is 2. The van der Waals surface area contributed by atoms with Crippen LogP contribution in [0.1, 0.15) is 11.5 Å². The fraction of sp³-hybridized carbons (Fsp3) is 0.280. The average molecular weight is 431 g/mol. The van der Waals surface area contributed by atoms with Crippen molar-refractivity contribution in [3.8, 4) is 17.1 Å². The number of anilines is 1. The smallest absolute Gasteiger partial charge is 0.227 e. The number of oxazole rings is 1. The first-order valence-electron chi connectivity index (χ1n) is 10.8. The molecule has 0 saturated carbocycles. The topological polar surface area (TPSA) is 74.6 Å². The minimum Gasteiger partial charge on any atom is -0.496 e. The van der Waals surface area contributed by atoms with E-state index in [2.05, 4.69) is 27.0 Å². The lowest BCUT2D eigenvalue weighted by Crippen LogP contribution is -2.49. The number of fused-ring (bicyclic) bond motifs is 1. The van der Waals surface area contributed by atoms with E-state index in [4.69, 9.17) is 9.15 Å². The monoisotopic (exact) mass is 430 g/mol. The molecule has 0 bridgehead atoms. The quantitative estimate of drug-likeness (QED) is 0.517. The number of amides is 1.